The van der Waals surface area contributed by atoms with Crippen LogP contribution in [0.2, 0.25) is 0 Å². The third-order valence-corrected chi connectivity index (χ3v) is 6.34. The summed E-state index contributed by atoms with van der Waals surface area (Å²) in [6.07, 6.45) is -2.84. The van der Waals surface area contributed by atoms with Crippen molar-refractivity contribution in [2.75, 3.05) is 6.61 Å². The zero-order valence-electron chi connectivity index (χ0n) is 18.6. The first-order valence-corrected chi connectivity index (χ1v) is 11.1. The molecule has 1 fully saturated rings. The number of fused-ring (bicyclic) bond motifs is 1. The van der Waals surface area contributed by atoms with Gasteiger partial charge in [-0.3, -0.25) is 0 Å². The summed E-state index contributed by atoms with van der Waals surface area (Å²) in [5, 5.41) is 10.5. The molecule has 0 amide bonds. The number of rotatable bonds is 6. The first kappa shape index (κ1) is 22.0. The fraction of sp³-hybridized carbons (Fsp3) is 0.286. The first-order chi connectivity index (χ1) is 15.9. The van der Waals surface area contributed by atoms with Crippen LogP contribution in [0, 0.1) is 0 Å². The van der Waals surface area contributed by atoms with Crippen LogP contribution in [0.15, 0.2) is 102 Å². The summed E-state index contributed by atoms with van der Waals surface area (Å²) in [7, 11) is 0. The highest BCUT2D eigenvalue weighted by molar-refractivity contribution is 5.47. The van der Waals surface area contributed by atoms with Gasteiger partial charge in [0.15, 0.2) is 5.79 Å². The van der Waals surface area contributed by atoms with E-state index < -0.39 is 35.5 Å². The zero-order valence-corrected chi connectivity index (χ0v) is 18.6. The Bertz CT molecular complexity index is 1030. The van der Waals surface area contributed by atoms with Gasteiger partial charge in [0, 0.05) is 5.57 Å². The third kappa shape index (κ3) is 3.81. The summed E-state index contributed by atoms with van der Waals surface area (Å²) in [6, 6.07) is 29.7. The maximum absolute atomic E-state index is 15.1. The Balaban J connectivity index is 1.60. The van der Waals surface area contributed by atoms with Gasteiger partial charge in [0.05, 0.1) is 6.61 Å². The highest BCUT2D eigenvalue weighted by Crippen LogP contribution is 2.45. The van der Waals surface area contributed by atoms with Crippen LogP contribution >= 0.6 is 0 Å². The van der Waals surface area contributed by atoms with Crippen LogP contribution in [0.25, 0.3) is 0 Å². The van der Waals surface area contributed by atoms with Crippen molar-refractivity contribution >= 4 is 0 Å². The standard InChI is InChI=1S/C28H27FO4/c1-27(2)32-25-22(23(29)24(30)26(25)33-27)18-31-28(19-12-6-3-7-13-19,20-14-8-4-9-15-20)21-16-10-5-11-17-21/h3-17,24-26,30H,18H2,1-2H3. The van der Waals surface area contributed by atoms with Crippen molar-refractivity contribution in [1.29, 1.82) is 0 Å². The SMILES string of the molecule is CC1(C)OC2C(COC(c3ccccc3)(c3ccccc3)c3ccccc3)=C(F)C(O)C2O1. The third-order valence-electron chi connectivity index (χ3n) is 6.34. The van der Waals surface area contributed by atoms with E-state index >= 15 is 4.39 Å². The van der Waals surface area contributed by atoms with Crippen molar-refractivity contribution in [1.82, 2.24) is 0 Å². The summed E-state index contributed by atoms with van der Waals surface area (Å²) < 4.78 is 33.6. The van der Waals surface area contributed by atoms with E-state index in [1.165, 1.54) is 0 Å². The Kier molecular flexibility index (Phi) is 5.67. The van der Waals surface area contributed by atoms with E-state index in [1.54, 1.807) is 13.8 Å². The summed E-state index contributed by atoms with van der Waals surface area (Å²) in [5.74, 6) is -1.54. The van der Waals surface area contributed by atoms with Crippen molar-refractivity contribution in [3.63, 3.8) is 0 Å². The number of aliphatic hydroxyl groups is 1. The van der Waals surface area contributed by atoms with Gasteiger partial charge < -0.3 is 19.3 Å². The van der Waals surface area contributed by atoms with E-state index in [1.807, 2.05) is 91.0 Å². The fourth-order valence-electron chi connectivity index (χ4n) is 4.87. The average molecular weight is 447 g/mol. The van der Waals surface area contributed by atoms with Crippen molar-refractivity contribution < 1.29 is 23.7 Å². The predicted molar refractivity (Wildman–Crippen MR) is 123 cm³/mol. The van der Waals surface area contributed by atoms with E-state index in [0.29, 0.717) is 0 Å². The zero-order chi connectivity index (χ0) is 23.1. The first-order valence-electron chi connectivity index (χ1n) is 11.1. The molecule has 3 unspecified atom stereocenters. The normalized spacial score (nSPS) is 24.2. The molecule has 1 N–H and O–H groups in total. The van der Waals surface area contributed by atoms with E-state index in [2.05, 4.69) is 0 Å². The number of ether oxygens (including phenoxy) is 3. The lowest BCUT2D eigenvalue weighted by Crippen LogP contribution is -2.35. The Morgan fingerprint density at radius 1 is 0.818 bits per heavy atom. The molecular weight excluding hydrogens is 419 g/mol. The smallest absolute Gasteiger partial charge is 0.164 e. The second kappa shape index (κ2) is 8.50. The quantitative estimate of drug-likeness (QED) is 0.535. The van der Waals surface area contributed by atoms with Crippen LogP contribution in [-0.2, 0) is 19.8 Å². The average Bonchev–Trinajstić information content (AvgIpc) is 3.27. The molecule has 33 heavy (non-hydrogen) atoms. The maximum atomic E-state index is 15.1. The molecule has 3 atom stereocenters. The Morgan fingerprint density at radius 2 is 1.27 bits per heavy atom. The highest BCUT2D eigenvalue weighted by atomic mass is 19.1. The molecule has 1 aliphatic heterocycles. The Labute approximate surface area is 193 Å². The molecule has 4 nitrogen and oxygen atoms in total. The highest BCUT2D eigenvalue weighted by Gasteiger charge is 2.54. The van der Waals surface area contributed by atoms with Crippen LogP contribution in [-0.4, -0.2) is 35.8 Å². The van der Waals surface area contributed by atoms with Crippen molar-refractivity contribution in [3.05, 3.63) is 119 Å². The van der Waals surface area contributed by atoms with Crippen LogP contribution in [0.3, 0.4) is 0 Å². The molecule has 2 aliphatic rings. The molecule has 1 saturated heterocycles. The molecule has 5 heteroatoms. The molecule has 3 aromatic carbocycles. The van der Waals surface area contributed by atoms with E-state index in [4.69, 9.17) is 14.2 Å². The number of aliphatic hydroxyl groups excluding tert-OH is 1. The number of halogens is 1. The van der Waals surface area contributed by atoms with Gasteiger partial charge in [-0.25, -0.2) is 4.39 Å². The van der Waals surface area contributed by atoms with E-state index in [9.17, 15) is 5.11 Å². The Hall–Kier alpha value is -2.83. The topological polar surface area (TPSA) is 47.9 Å². The van der Waals surface area contributed by atoms with Gasteiger partial charge in [0.2, 0.25) is 0 Å². The van der Waals surface area contributed by atoms with Gasteiger partial charge in [-0.05, 0) is 30.5 Å². The summed E-state index contributed by atoms with van der Waals surface area (Å²) >= 11 is 0. The minimum Gasteiger partial charge on any atom is -0.383 e. The molecular formula is C28H27FO4. The molecule has 0 aromatic heterocycles. The van der Waals surface area contributed by atoms with Crippen LogP contribution in [0.4, 0.5) is 4.39 Å². The summed E-state index contributed by atoms with van der Waals surface area (Å²) in [5.41, 5.74) is 2.05. The van der Waals surface area contributed by atoms with Gasteiger partial charge in [-0.15, -0.1) is 0 Å². The molecule has 170 valence electrons. The molecule has 5 rings (SSSR count). The summed E-state index contributed by atoms with van der Waals surface area (Å²) in [6.45, 7) is 3.45. The minimum absolute atomic E-state index is 0.0673. The monoisotopic (exact) mass is 446 g/mol. The van der Waals surface area contributed by atoms with Gasteiger partial charge in [0.25, 0.3) is 0 Å². The minimum atomic E-state index is -1.37. The second-order valence-corrected chi connectivity index (χ2v) is 8.91. The van der Waals surface area contributed by atoms with Gasteiger partial charge in [-0.2, -0.15) is 0 Å². The number of hydrogen-bond acceptors (Lipinski definition) is 4. The van der Waals surface area contributed by atoms with Crippen molar-refractivity contribution in [2.24, 2.45) is 0 Å². The van der Waals surface area contributed by atoms with Crippen LogP contribution < -0.4 is 0 Å². The summed E-state index contributed by atoms with van der Waals surface area (Å²) in [4.78, 5) is 0. The van der Waals surface area contributed by atoms with Crippen molar-refractivity contribution in [2.45, 2.75) is 43.5 Å². The van der Waals surface area contributed by atoms with Crippen molar-refractivity contribution in [3.8, 4) is 0 Å². The lowest BCUT2D eigenvalue weighted by atomic mass is 9.80. The molecule has 0 spiro atoms. The lowest BCUT2D eigenvalue weighted by Gasteiger charge is -2.36. The molecule has 1 aliphatic carbocycles. The Morgan fingerprint density at radius 3 is 1.73 bits per heavy atom. The number of benzene rings is 3. The van der Waals surface area contributed by atoms with Gasteiger partial charge in [-0.1, -0.05) is 91.0 Å². The predicted octanol–water partition coefficient (Wildman–Crippen LogP) is 5.11. The molecule has 0 saturated carbocycles. The molecule has 1 heterocycles. The van der Waals surface area contributed by atoms with E-state index in [0.717, 1.165) is 16.7 Å². The van der Waals surface area contributed by atoms with Gasteiger partial charge in [0.1, 0.15) is 29.7 Å². The number of hydrogen-bond donors (Lipinski definition) is 1. The maximum Gasteiger partial charge on any atom is 0.164 e. The lowest BCUT2D eigenvalue weighted by molar-refractivity contribution is -0.155. The second-order valence-electron chi connectivity index (χ2n) is 8.91. The molecule has 0 bridgehead atoms. The molecule has 3 aromatic rings. The van der Waals surface area contributed by atoms with E-state index in [-0.39, 0.29) is 12.2 Å². The molecule has 0 radical (unpaired) electrons. The fourth-order valence-corrected chi connectivity index (χ4v) is 4.87. The van der Waals surface area contributed by atoms with Crippen LogP contribution in [0.5, 0.6) is 0 Å². The van der Waals surface area contributed by atoms with Gasteiger partial charge >= 0.3 is 0 Å². The van der Waals surface area contributed by atoms with Crippen LogP contribution in [0.1, 0.15) is 30.5 Å². The largest absolute Gasteiger partial charge is 0.383 e.